The fourth-order valence-electron chi connectivity index (χ4n) is 1.70. The molecular formula is C13H17N3OS2. The maximum Gasteiger partial charge on any atom is 0.271 e. The Morgan fingerprint density at radius 2 is 2.21 bits per heavy atom. The molecule has 0 aliphatic carbocycles. The van der Waals surface area contributed by atoms with Gasteiger partial charge in [-0.05, 0) is 19.3 Å². The monoisotopic (exact) mass is 295 g/mol. The lowest BCUT2D eigenvalue weighted by Gasteiger charge is -2.04. The van der Waals surface area contributed by atoms with E-state index < -0.39 is 0 Å². The van der Waals surface area contributed by atoms with Gasteiger partial charge in [-0.25, -0.2) is 9.97 Å². The second kappa shape index (κ2) is 6.25. The highest BCUT2D eigenvalue weighted by Gasteiger charge is 2.20. The van der Waals surface area contributed by atoms with Gasteiger partial charge >= 0.3 is 0 Å². The second-order valence-corrected chi connectivity index (χ2v) is 6.56. The van der Waals surface area contributed by atoms with Gasteiger partial charge < -0.3 is 5.32 Å². The Bertz CT molecular complexity index is 546. The van der Waals surface area contributed by atoms with Crippen LogP contribution >= 0.6 is 22.7 Å². The van der Waals surface area contributed by atoms with Crippen molar-refractivity contribution in [3.05, 3.63) is 22.1 Å². The summed E-state index contributed by atoms with van der Waals surface area (Å²) >= 11 is 3.12. The van der Waals surface area contributed by atoms with Crippen molar-refractivity contribution >= 4 is 28.6 Å². The van der Waals surface area contributed by atoms with Crippen LogP contribution in [0.3, 0.4) is 0 Å². The molecule has 0 radical (unpaired) electrons. The molecule has 0 saturated carbocycles. The third-order valence-corrected chi connectivity index (χ3v) is 4.45. The Kier molecular flexibility index (Phi) is 4.66. The molecule has 0 aliphatic heterocycles. The summed E-state index contributed by atoms with van der Waals surface area (Å²) in [7, 11) is 0. The van der Waals surface area contributed by atoms with E-state index in [0.717, 1.165) is 21.3 Å². The van der Waals surface area contributed by atoms with Crippen molar-refractivity contribution in [1.29, 1.82) is 0 Å². The summed E-state index contributed by atoms with van der Waals surface area (Å²) in [6.07, 6.45) is 2.63. The SMILES string of the molecule is CCNC(=O)c1nc(-c2nccs2)sc1CC(C)C. The van der Waals surface area contributed by atoms with Gasteiger partial charge in [0.1, 0.15) is 5.69 Å². The molecule has 0 spiro atoms. The lowest BCUT2D eigenvalue weighted by atomic mass is 10.1. The third kappa shape index (κ3) is 3.39. The van der Waals surface area contributed by atoms with E-state index in [9.17, 15) is 4.79 Å². The summed E-state index contributed by atoms with van der Waals surface area (Å²) in [6.45, 7) is 6.81. The van der Waals surface area contributed by atoms with Gasteiger partial charge in [0, 0.05) is 23.0 Å². The summed E-state index contributed by atoms with van der Waals surface area (Å²) in [5.41, 5.74) is 0.561. The van der Waals surface area contributed by atoms with E-state index >= 15 is 0 Å². The lowest BCUT2D eigenvalue weighted by molar-refractivity contribution is 0.0950. The van der Waals surface area contributed by atoms with Gasteiger partial charge in [-0.1, -0.05) is 13.8 Å². The smallest absolute Gasteiger partial charge is 0.271 e. The van der Waals surface area contributed by atoms with Crippen LogP contribution in [0.1, 0.15) is 36.1 Å². The molecule has 4 nitrogen and oxygen atoms in total. The third-order valence-electron chi connectivity index (χ3n) is 2.46. The molecule has 2 aromatic heterocycles. The average molecular weight is 295 g/mol. The summed E-state index contributed by atoms with van der Waals surface area (Å²) in [6, 6.07) is 0. The van der Waals surface area contributed by atoms with E-state index in [-0.39, 0.29) is 5.91 Å². The van der Waals surface area contributed by atoms with Gasteiger partial charge in [0.2, 0.25) is 0 Å². The minimum absolute atomic E-state index is 0.0859. The Morgan fingerprint density at radius 3 is 2.79 bits per heavy atom. The Hall–Kier alpha value is -1.27. The summed E-state index contributed by atoms with van der Waals surface area (Å²) < 4.78 is 0. The fraction of sp³-hybridized carbons (Fsp3) is 0.462. The van der Waals surface area contributed by atoms with Gasteiger partial charge in [-0.2, -0.15) is 0 Å². The summed E-state index contributed by atoms with van der Waals surface area (Å²) in [5, 5.41) is 6.46. The van der Waals surface area contributed by atoms with Crippen LogP contribution in [0.15, 0.2) is 11.6 Å². The Labute approximate surface area is 120 Å². The number of rotatable bonds is 5. The molecule has 1 amide bonds. The van der Waals surface area contributed by atoms with E-state index in [1.54, 1.807) is 28.9 Å². The predicted octanol–water partition coefficient (Wildman–Crippen LogP) is 3.21. The Balaban J connectivity index is 2.36. The zero-order chi connectivity index (χ0) is 13.8. The van der Waals surface area contributed by atoms with Crippen LogP contribution in [0, 0.1) is 5.92 Å². The molecule has 2 aromatic rings. The largest absolute Gasteiger partial charge is 0.351 e. The molecule has 0 saturated heterocycles. The molecule has 0 bridgehead atoms. The number of carbonyl (C=O) groups is 1. The molecule has 2 heterocycles. The van der Waals surface area contributed by atoms with E-state index in [2.05, 4.69) is 29.1 Å². The quantitative estimate of drug-likeness (QED) is 0.921. The zero-order valence-corrected chi connectivity index (χ0v) is 12.9. The van der Waals surface area contributed by atoms with Crippen LogP contribution in [0.25, 0.3) is 10.0 Å². The topological polar surface area (TPSA) is 54.9 Å². The molecule has 0 aromatic carbocycles. The van der Waals surface area contributed by atoms with Crippen molar-refractivity contribution < 1.29 is 4.79 Å². The van der Waals surface area contributed by atoms with Crippen molar-refractivity contribution in [3.8, 4) is 10.0 Å². The molecule has 0 fully saturated rings. The van der Waals surface area contributed by atoms with Crippen LogP contribution in [-0.2, 0) is 6.42 Å². The first kappa shape index (κ1) is 14.1. The van der Waals surface area contributed by atoms with Crippen molar-refractivity contribution in [2.75, 3.05) is 6.54 Å². The maximum atomic E-state index is 12.0. The molecule has 0 aliphatic rings. The number of hydrogen-bond acceptors (Lipinski definition) is 5. The molecule has 0 unspecified atom stereocenters. The van der Waals surface area contributed by atoms with Crippen LogP contribution in [0.2, 0.25) is 0 Å². The van der Waals surface area contributed by atoms with Crippen molar-refractivity contribution in [2.24, 2.45) is 5.92 Å². The fourth-order valence-corrected chi connectivity index (χ4v) is 3.65. The molecule has 19 heavy (non-hydrogen) atoms. The van der Waals surface area contributed by atoms with Crippen LogP contribution in [0.4, 0.5) is 0 Å². The van der Waals surface area contributed by atoms with Gasteiger partial charge in [0.25, 0.3) is 5.91 Å². The van der Waals surface area contributed by atoms with Crippen molar-refractivity contribution in [3.63, 3.8) is 0 Å². The molecule has 6 heteroatoms. The number of nitrogens with zero attached hydrogens (tertiary/aromatic N) is 2. The van der Waals surface area contributed by atoms with Crippen LogP contribution < -0.4 is 5.32 Å². The minimum atomic E-state index is -0.0859. The number of carbonyl (C=O) groups excluding carboxylic acids is 1. The first-order valence-corrected chi connectivity index (χ1v) is 7.99. The van der Waals surface area contributed by atoms with E-state index in [0.29, 0.717) is 18.2 Å². The van der Waals surface area contributed by atoms with Crippen molar-refractivity contribution in [1.82, 2.24) is 15.3 Å². The van der Waals surface area contributed by atoms with E-state index in [4.69, 9.17) is 0 Å². The highest BCUT2D eigenvalue weighted by molar-refractivity contribution is 7.20. The molecule has 0 atom stereocenters. The summed E-state index contributed by atoms with van der Waals surface area (Å²) in [4.78, 5) is 21.8. The van der Waals surface area contributed by atoms with Crippen LogP contribution in [0.5, 0.6) is 0 Å². The minimum Gasteiger partial charge on any atom is -0.351 e. The van der Waals surface area contributed by atoms with Gasteiger partial charge in [-0.15, -0.1) is 22.7 Å². The number of hydrogen-bond donors (Lipinski definition) is 1. The first-order chi connectivity index (χ1) is 9.11. The highest BCUT2D eigenvalue weighted by Crippen LogP contribution is 2.31. The second-order valence-electron chi connectivity index (χ2n) is 4.59. The summed E-state index contributed by atoms with van der Waals surface area (Å²) in [5.74, 6) is 0.412. The first-order valence-electron chi connectivity index (χ1n) is 6.29. The maximum absolute atomic E-state index is 12.0. The number of aromatic nitrogens is 2. The molecule has 1 N–H and O–H groups in total. The number of nitrogens with one attached hydrogen (secondary N) is 1. The number of thiazole rings is 2. The molecule has 2 rings (SSSR count). The zero-order valence-electron chi connectivity index (χ0n) is 11.3. The lowest BCUT2D eigenvalue weighted by Crippen LogP contribution is -2.24. The predicted molar refractivity (Wildman–Crippen MR) is 79.8 cm³/mol. The highest BCUT2D eigenvalue weighted by atomic mass is 32.1. The van der Waals surface area contributed by atoms with Gasteiger partial charge in [-0.3, -0.25) is 4.79 Å². The standard InChI is InChI=1S/C13H17N3OS2/c1-4-14-11(17)10-9(7-8(2)3)19-13(16-10)12-15-5-6-18-12/h5-6,8H,4,7H2,1-3H3,(H,14,17). The molecule has 102 valence electrons. The van der Waals surface area contributed by atoms with Crippen molar-refractivity contribution in [2.45, 2.75) is 27.2 Å². The van der Waals surface area contributed by atoms with Crippen LogP contribution in [-0.4, -0.2) is 22.4 Å². The average Bonchev–Trinajstić information content (AvgIpc) is 2.96. The number of amides is 1. The normalized spacial score (nSPS) is 10.9. The van der Waals surface area contributed by atoms with Gasteiger partial charge in [0.15, 0.2) is 10.0 Å². The van der Waals surface area contributed by atoms with E-state index in [1.807, 2.05) is 12.3 Å². The molecular weight excluding hydrogens is 278 g/mol. The van der Waals surface area contributed by atoms with E-state index in [1.165, 1.54) is 0 Å². The Morgan fingerprint density at radius 1 is 1.42 bits per heavy atom. The van der Waals surface area contributed by atoms with Gasteiger partial charge in [0.05, 0.1) is 0 Å².